The van der Waals surface area contributed by atoms with Crippen LogP contribution in [-0.4, -0.2) is 51.0 Å². The highest BCUT2D eigenvalue weighted by atomic mass is 35.5. The first-order valence-corrected chi connectivity index (χ1v) is 13.5. The lowest BCUT2D eigenvalue weighted by atomic mass is 10.1. The van der Waals surface area contributed by atoms with Crippen LogP contribution in [0.15, 0.2) is 36.4 Å². The summed E-state index contributed by atoms with van der Waals surface area (Å²) in [5, 5.41) is 3.32. The van der Waals surface area contributed by atoms with E-state index in [9.17, 15) is 18.0 Å². The van der Waals surface area contributed by atoms with Gasteiger partial charge in [-0.1, -0.05) is 41.4 Å². The van der Waals surface area contributed by atoms with E-state index in [1.165, 1.54) is 16.3 Å². The first kappa shape index (κ1) is 28.0. The predicted octanol–water partition coefficient (Wildman–Crippen LogP) is 4.32. The van der Waals surface area contributed by atoms with Crippen molar-refractivity contribution in [3.05, 3.63) is 63.1 Å². The van der Waals surface area contributed by atoms with Gasteiger partial charge in [-0.2, -0.15) is 0 Å². The molecule has 2 aromatic rings. The minimum atomic E-state index is -3.55. The van der Waals surface area contributed by atoms with Crippen LogP contribution in [0.4, 0.5) is 5.69 Å². The van der Waals surface area contributed by atoms with Crippen molar-refractivity contribution in [2.75, 3.05) is 24.2 Å². The lowest BCUT2D eigenvalue weighted by Crippen LogP contribution is -2.46. The number of hydrogen-bond donors (Lipinski definition) is 1. The smallest absolute Gasteiger partial charge is 0.242 e. The van der Waals surface area contributed by atoms with Crippen molar-refractivity contribution in [2.24, 2.45) is 0 Å². The zero-order valence-electron chi connectivity index (χ0n) is 20.1. The lowest BCUT2D eigenvalue weighted by Gasteiger charge is -2.29. The summed E-state index contributed by atoms with van der Waals surface area (Å²) in [6, 6.07) is 9.81. The third-order valence-corrected chi connectivity index (χ3v) is 7.67. The van der Waals surface area contributed by atoms with Crippen molar-refractivity contribution in [3.8, 4) is 0 Å². The molecule has 7 nitrogen and oxygen atoms in total. The summed E-state index contributed by atoms with van der Waals surface area (Å²) in [5.74, 6) is -0.571. The number of aryl methyl sites for hydroxylation is 1. The normalized spacial score (nSPS) is 12.2. The van der Waals surface area contributed by atoms with E-state index >= 15 is 0 Å². The molecule has 0 aromatic heterocycles. The molecule has 1 N–H and O–H groups in total. The standard InChI is InChI=1S/C24H31Cl2N3O4S/c1-16-8-6-9-22(17(16)2)29(34(5,32)33)13-7-10-23(30)28(18(3)24(31)27-4)15-19-11-12-20(25)21(26)14-19/h6,8-9,11-12,14,18H,7,10,13,15H2,1-5H3,(H,27,31)/t18-/m1/s1. The number of benzene rings is 2. The number of carbonyl (C=O) groups is 2. The predicted molar refractivity (Wildman–Crippen MR) is 138 cm³/mol. The van der Waals surface area contributed by atoms with Gasteiger partial charge in [-0.3, -0.25) is 13.9 Å². The number of sulfonamides is 1. The van der Waals surface area contributed by atoms with Gasteiger partial charge in [0, 0.05) is 26.6 Å². The number of rotatable bonds is 10. The molecule has 0 saturated heterocycles. The van der Waals surface area contributed by atoms with Crippen molar-refractivity contribution >= 4 is 50.7 Å². The fraction of sp³-hybridized carbons (Fsp3) is 0.417. The highest BCUT2D eigenvalue weighted by Gasteiger charge is 2.26. The lowest BCUT2D eigenvalue weighted by molar-refractivity contribution is -0.140. The molecule has 2 rings (SSSR count). The Morgan fingerprint density at radius 3 is 2.35 bits per heavy atom. The SMILES string of the molecule is CNC(=O)[C@@H](C)N(Cc1ccc(Cl)c(Cl)c1)C(=O)CCCN(c1cccc(C)c1C)S(C)(=O)=O. The number of carbonyl (C=O) groups excluding carboxylic acids is 2. The van der Waals surface area contributed by atoms with Gasteiger partial charge in [-0.05, 0) is 62.1 Å². The highest BCUT2D eigenvalue weighted by molar-refractivity contribution is 7.92. The molecule has 0 heterocycles. The molecule has 10 heteroatoms. The van der Waals surface area contributed by atoms with E-state index in [2.05, 4.69) is 5.32 Å². The average molecular weight is 529 g/mol. The monoisotopic (exact) mass is 527 g/mol. The molecule has 0 unspecified atom stereocenters. The van der Waals surface area contributed by atoms with E-state index in [1.54, 1.807) is 31.2 Å². The number of likely N-dealkylation sites (N-methyl/N-ethyl adjacent to an activating group) is 1. The van der Waals surface area contributed by atoms with Crippen LogP contribution in [0.2, 0.25) is 10.0 Å². The third-order valence-electron chi connectivity index (χ3n) is 5.75. The number of nitrogens with zero attached hydrogens (tertiary/aromatic N) is 2. The Morgan fingerprint density at radius 2 is 1.76 bits per heavy atom. The van der Waals surface area contributed by atoms with Gasteiger partial charge in [-0.15, -0.1) is 0 Å². The van der Waals surface area contributed by atoms with Gasteiger partial charge in [0.15, 0.2) is 0 Å². The van der Waals surface area contributed by atoms with Gasteiger partial charge < -0.3 is 10.2 Å². The van der Waals surface area contributed by atoms with Gasteiger partial charge >= 0.3 is 0 Å². The maximum atomic E-state index is 13.2. The molecule has 0 bridgehead atoms. The molecular weight excluding hydrogens is 497 g/mol. The van der Waals surface area contributed by atoms with Crippen LogP contribution in [0.25, 0.3) is 0 Å². The average Bonchev–Trinajstić information content (AvgIpc) is 2.77. The molecule has 0 aliphatic carbocycles. The first-order chi connectivity index (χ1) is 15.9. The van der Waals surface area contributed by atoms with Crippen LogP contribution in [0.3, 0.4) is 0 Å². The van der Waals surface area contributed by atoms with Crippen molar-refractivity contribution in [1.29, 1.82) is 0 Å². The first-order valence-electron chi connectivity index (χ1n) is 10.9. The summed E-state index contributed by atoms with van der Waals surface area (Å²) in [6.07, 6.45) is 1.51. The summed E-state index contributed by atoms with van der Waals surface area (Å²) in [4.78, 5) is 26.9. The van der Waals surface area contributed by atoms with Gasteiger partial charge in [0.1, 0.15) is 6.04 Å². The molecular formula is C24H31Cl2N3O4S. The zero-order valence-corrected chi connectivity index (χ0v) is 22.4. The third kappa shape index (κ3) is 7.10. The zero-order chi connectivity index (χ0) is 25.6. The summed E-state index contributed by atoms with van der Waals surface area (Å²) < 4.78 is 26.3. The summed E-state index contributed by atoms with van der Waals surface area (Å²) in [7, 11) is -2.04. The Balaban J connectivity index is 2.20. The number of amides is 2. The molecule has 1 atom stereocenters. The Kier molecular flexibility index (Phi) is 9.79. The number of hydrogen-bond acceptors (Lipinski definition) is 4. The topological polar surface area (TPSA) is 86.8 Å². The molecule has 0 aliphatic heterocycles. The molecule has 0 fully saturated rings. The van der Waals surface area contributed by atoms with E-state index in [0.29, 0.717) is 15.7 Å². The summed E-state index contributed by atoms with van der Waals surface area (Å²) in [5.41, 5.74) is 3.18. The largest absolute Gasteiger partial charge is 0.357 e. The van der Waals surface area contributed by atoms with Crippen LogP contribution < -0.4 is 9.62 Å². The molecule has 34 heavy (non-hydrogen) atoms. The van der Waals surface area contributed by atoms with Crippen molar-refractivity contribution < 1.29 is 18.0 Å². The maximum absolute atomic E-state index is 13.2. The van der Waals surface area contributed by atoms with Crippen molar-refractivity contribution in [2.45, 2.75) is 46.2 Å². The van der Waals surface area contributed by atoms with Gasteiger partial charge in [0.05, 0.1) is 22.0 Å². The molecule has 2 amide bonds. The molecule has 0 aliphatic rings. The van der Waals surface area contributed by atoms with Crippen LogP contribution in [0.1, 0.15) is 36.5 Å². The Bertz CT molecular complexity index is 1150. The maximum Gasteiger partial charge on any atom is 0.242 e. The molecule has 0 saturated carbocycles. The molecule has 2 aromatic carbocycles. The van der Waals surface area contributed by atoms with Crippen LogP contribution >= 0.6 is 23.2 Å². The van der Waals surface area contributed by atoms with E-state index < -0.39 is 16.1 Å². The number of nitrogens with one attached hydrogen (secondary N) is 1. The second-order valence-electron chi connectivity index (χ2n) is 8.22. The van der Waals surface area contributed by atoms with Crippen LogP contribution in [-0.2, 0) is 26.2 Å². The van der Waals surface area contributed by atoms with E-state index in [4.69, 9.17) is 23.2 Å². The van der Waals surface area contributed by atoms with Crippen LogP contribution in [0, 0.1) is 13.8 Å². The highest BCUT2D eigenvalue weighted by Crippen LogP contribution is 2.26. The second-order valence-corrected chi connectivity index (χ2v) is 10.9. The minimum Gasteiger partial charge on any atom is -0.357 e. The van der Waals surface area contributed by atoms with Crippen molar-refractivity contribution in [1.82, 2.24) is 10.2 Å². The minimum absolute atomic E-state index is 0.0690. The number of halogens is 2. The van der Waals surface area contributed by atoms with E-state index in [-0.39, 0.29) is 37.7 Å². The number of anilines is 1. The van der Waals surface area contributed by atoms with Gasteiger partial charge in [-0.25, -0.2) is 8.42 Å². The quantitative estimate of drug-likeness (QED) is 0.498. The summed E-state index contributed by atoms with van der Waals surface area (Å²) in [6.45, 7) is 5.75. The van der Waals surface area contributed by atoms with Crippen molar-refractivity contribution in [3.63, 3.8) is 0 Å². The Morgan fingerprint density at radius 1 is 1.09 bits per heavy atom. The van der Waals surface area contributed by atoms with E-state index in [1.807, 2.05) is 26.0 Å². The Hall–Kier alpha value is -2.29. The van der Waals surface area contributed by atoms with Gasteiger partial charge in [0.2, 0.25) is 21.8 Å². The van der Waals surface area contributed by atoms with Crippen LogP contribution in [0.5, 0.6) is 0 Å². The Labute approximate surface area is 212 Å². The van der Waals surface area contributed by atoms with Gasteiger partial charge in [0.25, 0.3) is 0 Å². The molecule has 186 valence electrons. The fourth-order valence-corrected chi connectivity index (χ4v) is 4.95. The van der Waals surface area contributed by atoms with E-state index in [0.717, 1.165) is 22.9 Å². The summed E-state index contributed by atoms with van der Waals surface area (Å²) >= 11 is 12.1. The second kappa shape index (κ2) is 11.9. The molecule has 0 spiro atoms. The fourth-order valence-electron chi connectivity index (χ4n) is 3.61. The molecule has 0 radical (unpaired) electrons.